The first-order valence-corrected chi connectivity index (χ1v) is 16.1. The second-order valence-electron chi connectivity index (χ2n) is 9.71. The first-order valence-electron chi connectivity index (χ1n) is 14.1. The van der Waals surface area contributed by atoms with E-state index >= 15 is 0 Å². The van der Waals surface area contributed by atoms with Gasteiger partial charge >= 0.3 is 0 Å². The number of para-hydroxylation sites is 2. The Bertz CT molecular complexity index is 1610. The maximum atomic E-state index is 13.4. The maximum Gasteiger partial charge on any atom is 0.283 e. The average molecular weight is 617 g/mol. The monoisotopic (exact) mass is 616 g/mol. The third-order valence-corrected chi connectivity index (χ3v) is 8.68. The van der Waals surface area contributed by atoms with Crippen LogP contribution in [0.4, 0.5) is 11.4 Å². The fourth-order valence-corrected chi connectivity index (χ4v) is 6.55. The zero-order valence-electron chi connectivity index (χ0n) is 23.7. The number of amidine groups is 2. The van der Waals surface area contributed by atoms with E-state index in [-0.39, 0.29) is 11.8 Å². The number of hydrogen-bond donors (Lipinski definition) is 0. The largest absolute Gasteiger partial charge is 0.283 e. The summed E-state index contributed by atoms with van der Waals surface area (Å²) in [5.41, 5.74) is 3.67. The number of thioether (sulfide) groups is 2. The lowest BCUT2D eigenvalue weighted by Crippen LogP contribution is -2.30. The SMILES string of the molecule is O=C1/C(=C/c2ccccn2)N=C(SCCCCSC2=N/C(=C\c3ccccn3)C(=O)N2c2ccccc2)N1c1ccccc1. The van der Waals surface area contributed by atoms with Crippen LogP contribution in [0.5, 0.6) is 0 Å². The molecule has 0 bridgehead atoms. The number of hydrogen-bond acceptors (Lipinski definition) is 8. The van der Waals surface area contributed by atoms with Crippen LogP contribution in [0.1, 0.15) is 24.2 Å². The molecule has 0 radical (unpaired) electrons. The van der Waals surface area contributed by atoms with Crippen molar-refractivity contribution >= 4 is 69.2 Å². The Labute approximate surface area is 264 Å². The van der Waals surface area contributed by atoms with Crippen molar-refractivity contribution in [1.82, 2.24) is 9.97 Å². The van der Waals surface area contributed by atoms with Gasteiger partial charge in [0.2, 0.25) is 0 Å². The van der Waals surface area contributed by atoms with Gasteiger partial charge in [0.15, 0.2) is 10.3 Å². The number of anilines is 2. The van der Waals surface area contributed by atoms with Crippen molar-refractivity contribution in [2.45, 2.75) is 12.8 Å². The molecule has 2 amide bonds. The standard InChI is InChI=1S/C34H28N6O2S2/c41-31-29(23-25-13-7-9-19-35-25)37-33(39(31)27-15-3-1-4-16-27)43-21-11-12-22-44-34-38-30(24-26-14-8-10-20-36-26)32(42)40(34)28-17-5-2-6-18-28/h1-10,13-20,23-24H,11-12,21-22H2/b29-23-,30-24-. The Balaban J connectivity index is 1.10. The molecule has 218 valence electrons. The van der Waals surface area contributed by atoms with Crippen molar-refractivity contribution in [2.24, 2.45) is 9.98 Å². The molecular weight excluding hydrogens is 589 g/mol. The van der Waals surface area contributed by atoms with Gasteiger partial charge in [0.25, 0.3) is 11.8 Å². The van der Waals surface area contributed by atoms with Crippen molar-refractivity contribution in [3.8, 4) is 0 Å². The Morgan fingerprint density at radius 2 is 0.955 bits per heavy atom. The first-order chi connectivity index (χ1) is 21.7. The van der Waals surface area contributed by atoms with E-state index in [1.165, 1.54) is 0 Å². The van der Waals surface area contributed by atoms with E-state index in [0.29, 0.717) is 33.1 Å². The van der Waals surface area contributed by atoms with Gasteiger partial charge in [-0.1, -0.05) is 72.1 Å². The predicted octanol–water partition coefficient (Wildman–Crippen LogP) is 6.91. The fraction of sp³-hybridized carbons (Fsp3) is 0.118. The highest BCUT2D eigenvalue weighted by Gasteiger charge is 2.33. The molecule has 0 N–H and O–H groups in total. The number of amides is 2. The third-order valence-electron chi connectivity index (χ3n) is 6.63. The van der Waals surface area contributed by atoms with Gasteiger partial charge in [-0.25, -0.2) is 9.98 Å². The minimum atomic E-state index is -0.167. The van der Waals surface area contributed by atoms with Gasteiger partial charge in [-0.2, -0.15) is 0 Å². The number of benzene rings is 2. The number of nitrogens with zero attached hydrogens (tertiary/aromatic N) is 6. The Hall–Kier alpha value is -4.80. The molecule has 2 aromatic heterocycles. The highest BCUT2D eigenvalue weighted by atomic mass is 32.2. The Morgan fingerprint density at radius 3 is 1.34 bits per heavy atom. The number of aromatic nitrogens is 2. The van der Waals surface area contributed by atoms with Crippen molar-refractivity contribution in [1.29, 1.82) is 0 Å². The van der Waals surface area contributed by atoms with Gasteiger partial charge in [-0.15, -0.1) is 0 Å². The lowest BCUT2D eigenvalue weighted by Gasteiger charge is -2.18. The van der Waals surface area contributed by atoms with Crippen LogP contribution >= 0.6 is 23.5 Å². The zero-order valence-corrected chi connectivity index (χ0v) is 25.3. The van der Waals surface area contributed by atoms with Gasteiger partial charge in [0.1, 0.15) is 11.4 Å². The molecule has 4 heterocycles. The summed E-state index contributed by atoms with van der Waals surface area (Å²) in [6.07, 6.45) is 8.64. The molecule has 4 aromatic rings. The van der Waals surface area contributed by atoms with Crippen molar-refractivity contribution in [3.63, 3.8) is 0 Å². The minimum Gasteiger partial charge on any atom is -0.266 e. The van der Waals surface area contributed by atoms with Gasteiger partial charge in [-0.05, 0) is 73.5 Å². The summed E-state index contributed by atoms with van der Waals surface area (Å²) in [6, 6.07) is 30.3. The van der Waals surface area contributed by atoms with E-state index in [1.54, 1.807) is 57.9 Å². The summed E-state index contributed by atoms with van der Waals surface area (Å²) in [5.74, 6) is 1.23. The molecule has 0 fully saturated rings. The third kappa shape index (κ3) is 6.88. The highest BCUT2D eigenvalue weighted by molar-refractivity contribution is 8.14. The normalized spacial score (nSPS) is 16.6. The number of rotatable bonds is 9. The van der Waals surface area contributed by atoms with E-state index in [2.05, 4.69) is 9.97 Å². The van der Waals surface area contributed by atoms with Gasteiger partial charge in [0, 0.05) is 23.9 Å². The zero-order chi connectivity index (χ0) is 30.1. The van der Waals surface area contributed by atoms with Crippen LogP contribution in [0.3, 0.4) is 0 Å². The second-order valence-corrected chi connectivity index (χ2v) is 11.8. The van der Waals surface area contributed by atoms with Crippen LogP contribution < -0.4 is 9.80 Å². The molecule has 2 aliphatic heterocycles. The van der Waals surface area contributed by atoms with E-state index < -0.39 is 0 Å². The molecule has 0 saturated carbocycles. The lowest BCUT2D eigenvalue weighted by molar-refractivity contribution is -0.114. The van der Waals surface area contributed by atoms with Gasteiger partial charge < -0.3 is 0 Å². The highest BCUT2D eigenvalue weighted by Crippen LogP contribution is 2.31. The minimum absolute atomic E-state index is 0.167. The number of pyridine rings is 2. The van der Waals surface area contributed by atoms with Crippen LogP contribution in [-0.4, -0.2) is 43.6 Å². The summed E-state index contributed by atoms with van der Waals surface area (Å²) < 4.78 is 0. The van der Waals surface area contributed by atoms with Gasteiger partial charge in [-0.3, -0.25) is 29.4 Å². The van der Waals surface area contributed by atoms with Crippen LogP contribution in [0.15, 0.2) is 131 Å². The van der Waals surface area contributed by atoms with E-state index in [1.807, 2.05) is 97.1 Å². The molecular formula is C34H28N6O2S2. The summed E-state index contributed by atoms with van der Waals surface area (Å²) in [5, 5.41) is 1.31. The molecule has 0 aliphatic carbocycles. The molecule has 2 aromatic carbocycles. The fourth-order valence-electron chi connectivity index (χ4n) is 4.53. The molecule has 8 nitrogen and oxygen atoms in total. The summed E-state index contributed by atoms with van der Waals surface area (Å²) >= 11 is 3.12. The molecule has 0 unspecified atom stereocenters. The summed E-state index contributed by atoms with van der Waals surface area (Å²) in [4.78, 5) is 48.1. The Morgan fingerprint density at radius 1 is 0.545 bits per heavy atom. The summed E-state index contributed by atoms with van der Waals surface area (Å²) in [7, 11) is 0. The molecule has 6 rings (SSSR count). The predicted molar refractivity (Wildman–Crippen MR) is 181 cm³/mol. The molecule has 44 heavy (non-hydrogen) atoms. The van der Waals surface area contributed by atoms with E-state index in [9.17, 15) is 9.59 Å². The topological polar surface area (TPSA) is 91.1 Å². The number of aliphatic imine (C=N–C) groups is 2. The maximum absolute atomic E-state index is 13.4. The number of carbonyl (C=O) groups excluding carboxylic acids is 2. The molecule has 0 saturated heterocycles. The molecule has 2 aliphatic rings. The van der Waals surface area contributed by atoms with Crippen molar-refractivity contribution < 1.29 is 9.59 Å². The quantitative estimate of drug-likeness (QED) is 0.150. The number of unbranched alkanes of at least 4 members (excludes halogenated alkanes) is 1. The van der Waals surface area contributed by atoms with Crippen molar-refractivity contribution in [3.05, 3.63) is 132 Å². The van der Waals surface area contributed by atoms with Gasteiger partial charge in [0.05, 0.1) is 22.8 Å². The van der Waals surface area contributed by atoms with E-state index in [4.69, 9.17) is 9.98 Å². The molecule has 10 heteroatoms. The molecule has 0 atom stereocenters. The average Bonchev–Trinajstić information content (AvgIpc) is 3.54. The summed E-state index contributed by atoms with van der Waals surface area (Å²) in [6.45, 7) is 0. The van der Waals surface area contributed by atoms with E-state index in [0.717, 1.165) is 35.7 Å². The van der Waals surface area contributed by atoms with Crippen LogP contribution in [-0.2, 0) is 9.59 Å². The molecule has 0 spiro atoms. The van der Waals surface area contributed by atoms with Crippen LogP contribution in [0.2, 0.25) is 0 Å². The first kappa shape index (κ1) is 29.3. The van der Waals surface area contributed by atoms with Crippen LogP contribution in [0.25, 0.3) is 12.2 Å². The second kappa shape index (κ2) is 14.1. The lowest BCUT2D eigenvalue weighted by atomic mass is 10.2. The van der Waals surface area contributed by atoms with Crippen molar-refractivity contribution in [2.75, 3.05) is 21.3 Å². The number of carbonyl (C=O) groups is 2. The Kier molecular flexibility index (Phi) is 9.39. The van der Waals surface area contributed by atoms with Crippen LogP contribution in [0, 0.1) is 0 Å². The smallest absolute Gasteiger partial charge is 0.266 e.